The number of nitrogens with zero attached hydrogens (tertiary/aromatic N) is 1. The van der Waals surface area contributed by atoms with Gasteiger partial charge in [0, 0.05) is 24.1 Å². The van der Waals surface area contributed by atoms with Crippen LogP contribution in [0, 0.1) is 11.6 Å². The summed E-state index contributed by atoms with van der Waals surface area (Å²) < 4.78 is 52.4. The van der Waals surface area contributed by atoms with Gasteiger partial charge in [-0.15, -0.1) is 0 Å². The lowest BCUT2D eigenvalue weighted by atomic mass is 10.1. The number of carbonyl (C=O) groups is 1. The lowest BCUT2D eigenvalue weighted by Gasteiger charge is -2.16. The smallest absolute Gasteiger partial charge is 0.251 e. The summed E-state index contributed by atoms with van der Waals surface area (Å²) in [5, 5.41) is 2.63. The Bertz CT molecular complexity index is 949. The minimum absolute atomic E-state index is 0.0457. The second kappa shape index (κ2) is 7.81. The Hall–Kier alpha value is -1.84. The highest BCUT2D eigenvalue weighted by molar-refractivity contribution is 9.10. The molecule has 5 nitrogen and oxygen atoms in total. The number of nitrogens with one attached hydrogen (secondary N) is 1. The Morgan fingerprint density at radius 2 is 1.77 bits per heavy atom. The zero-order valence-electron chi connectivity index (χ0n) is 14.3. The molecule has 26 heavy (non-hydrogen) atoms. The van der Waals surface area contributed by atoms with Crippen molar-refractivity contribution in [3.8, 4) is 0 Å². The Balaban J connectivity index is 2.28. The summed E-state index contributed by atoms with van der Waals surface area (Å²) in [6.07, 6.45) is 0. The second-order valence-corrected chi connectivity index (χ2v) is 8.78. The molecule has 2 rings (SSSR count). The highest BCUT2D eigenvalue weighted by Gasteiger charge is 2.22. The molecule has 1 unspecified atom stereocenters. The topological polar surface area (TPSA) is 66.5 Å². The van der Waals surface area contributed by atoms with E-state index in [0.29, 0.717) is 10.0 Å². The highest BCUT2D eigenvalue weighted by atomic mass is 79.9. The third-order valence-electron chi connectivity index (χ3n) is 3.74. The molecule has 0 bridgehead atoms. The number of hydrogen-bond acceptors (Lipinski definition) is 3. The van der Waals surface area contributed by atoms with Crippen molar-refractivity contribution in [3.05, 3.63) is 63.6 Å². The van der Waals surface area contributed by atoms with Gasteiger partial charge < -0.3 is 5.32 Å². The summed E-state index contributed by atoms with van der Waals surface area (Å²) in [5.74, 6) is -2.52. The summed E-state index contributed by atoms with van der Waals surface area (Å²) >= 11 is 3.17. The predicted molar refractivity (Wildman–Crippen MR) is 97.3 cm³/mol. The van der Waals surface area contributed by atoms with Crippen LogP contribution in [0.2, 0.25) is 0 Å². The van der Waals surface area contributed by atoms with Gasteiger partial charge in [-0.1, -0.05) is 6.07 Å². The van der Waals surface area contributed by atoms with Gasteiger partial charge in [-0.2, -0.15) is 0 Å². The standard InChI is InChI=1S/C17H17BrF2N2O3S/c1-10(11-5-7-14(19)15(20)8-11)21-17(23)12-4-6-13(18)16(9-12)26(24,25)22(2)3/h4-10H,1-3H3,(H,21,23). The molecule has 0 radical (unpaired) electrons. The number of hydrogen-bond donors (Lipinski definition) is 1. The minimum atomic E-state index is -3.74. The quantitative estimate of drug-likeness (QED) is 0.764. The van der Waals surface area contributed by atoms with E-state index in [1.165, 1.54) is 38.4 Å². The van der Waals surface area contributed by atoms with Crippen molar-refractivity contribution >= 4 is 31.9 Å². The Morgan fingerprint density at radius 1 is 1.12 bits per heavy atom. The third kappa shape index (κ3) is 4.28. The van der Waals surface area contributed by atoms with Crippen LogP contribution in [0.1, 0.15) is 28.9 Å². The number of benzene rings is 2. The van der Waals surface area contributed by atoms with E-state index in [2.05, 4.69) is 21.2 Å². The number of carbonyl (C=O) groups excluding carboxylic acids is 1. The van der Waals surface area contributed by atoms with Gasteiger partial charge in [-0.05, 0) is 58.7 Å². The fraction of sp³-hybridized carbons (Fsp3) is 0.235. The molecule has 2 aromatic carbocycles. The third-order valence-corrected chi connectivity index (χ3v) is 6.55. The molecule has 1 N–H and O–H groups in total. The Morgan fingerprint density at radius 3 is 2.35 bits per heavy atom. The molecule has 0 fully saturated rings. The maximum atomic E-state index is 13.3. The number of amides is 1. The minimum Gasteiger partial charge on any atom is -0.346 e. The van der Waals surface area contributed by atoms with Gasteiger partial charge in [0.05, 0.1) is 10.9 Å². The van der Waals surface area contributed by atoms with Crippen LogP contribution in [0.25, 0.3) is 0 Å². The maximum absolute atomic E-state index is 13.3. The first kappa shape index (κ1) is 20.5. The molecule has 1 amide bonds. The van der Waals surface area contributed by atoms with Crippen LogP contribution in [0.15, 0.2) is 45.8 Å². The van der Waals surface area contributed by atoms with E-state index < -0.39 is 33.6 Å². The van der Waals surface area contributed by atoms with E-state index in [1.807, 2.05) is 0 Å². The number of sulfonamides is 1. The summed E-state index contributed by atoms with van der Waals surface area (Å²) in [6, 6.07) is 6.94. The first-order valence-corrected chi connectivity index (χ1v) is 9.75. The summed E-state index contributed by atoms with van der Waals surface area (Å²) in [4.78, 5) is 12.4. The van der Waals surface area contributed by atoms with E-state index >= 15 is 0 Å². The van der Waals surface area contributed by atoms with Gasteiger partial charge in [-0.25, -0.2) is 21.5 Å². The SMILES string of the molecule is CC(NC(=O)c1ccc(Br)c(S(=O)(=O)N(C)C)c1)c1ccc(F)c(F)c1. The van der Waals surface area contributed by atoms with Gasteiger partial charge in [0.25, 0.3) is 5.91 Å². The maximum Gasteiger partial charge on any atom is 0.251 e. The van der Waals surface area contributed by atoms with Crippen molar-refractivity contribution in [3.63, 3.8) is 0 Å². The average Bonchev–Trinajstić information content (AvgIpc) is 2.57. The van der Waals surface area contributed by atoms with Gasteiger partial charge in [0.15, 0.2) is 11.6 Å². The van der Waals surface area contributed by atoms with Crippen LogP contribution < -0.4 is 5.32 Å². The molecule has 2 aromatic rings. The molecule has 9 heteroatoms. The Labute approximate surface area is 159 Å². The van der Waals surface area contributed by atoms with Crippen LogP contribution in [0.3, 0.4) is 0 Å². The van der Waals surface area contributed by atoms with Crippen LogP contribution in [0.4, 0.5) is 8.78 Å². The van der Waals surface area contributed by atoms with Crippen molar-refractivity contribution in [2.24, 2.45) is 0 Å². The van der Waals surface area contributed by atoms with E-state index in [0.717, 1.165) is 16.4 Å². The largest absolute Gasteiger partial charge is 0.346 e. The fourth-order valence-corrected chi connectivity index (χ4v) is 4.03. The highest BCUT2D eigenvalue weighted by Crippen LogP contribution is 2.25. The molecule has 140 valence electrons. The number of rotatable bonds is 5. The van der Waals surface area contributed by atoms with E-state index in [-0.39, 0.29) is 10.5 Å². The van der Waals surface area contributed by atoms with E-state index in [9.17, 15) is 22.0 Å². The van der Waals surface area contributed by atoms with Crippen molar-refractivity contribution in [2.45, 2.75) is 17.9 Å². The summed E-state index contributed by atoms with van der Waals surface area (Å²) in [7, 11) is -0.962. The molecule has 0 aliphatic rings. The van der Waals surface area contributed by atoms with Crippen LogP contribution in [0.5, 0.6) is 0 Å². The lowest BCUT2D eigenvalue weighted by Crippen LogP contribution is -2.27. The molecule has 0 saturated heterocycles. The van der Waals surface area contributed by atoms with Gasteiger partial charge >= 0.3 is 0 Å². The van der Waals surface area contributed by atoms with Crippen molar-refractivity contribution in [2.75, 3.05) is 14.1 Å². The summed E-state index contributed by atoms with van der Waals surface area (Å²) in [5.41, 5.74) is 0.513. The average molecular weight is 447 g/mol. The van der Waals surface area contributed by atoms with Gasteiger partial charge in [0.1, 0.15) is 0 Å². The molecule has 1 atom stereocenters. The molecule has 0 aliphatic heterocycles. The summed E-state index contributed by atoms with van der Waals surface area (Å²) in [6.45, 7) is 1.61. The first-order chi connectivity index (χ1) is 12.0. The van der Waals surface area contributed by atoms with Crippen LogP contribution in [-0.4, -0.2) is 32.7 Å². The van der Waals surface area contributed by atoms with E-state index in [1.54, 1.807) is 6.92 Å². The molecular formula is C17H17BrF2N2O3S. The lowest BCUT2D eigenvalue weighted by molar-refractivity contribution is 0.0939. The van der Waals surface area contributed by atoms with Crippen LogP contribution >= 0.6 is 15.9 Å². The zero-order valence-corrected chi connectivity index (χ0v) is 16.7. The molecule has 0 aliphatic carbocycles. The Kier molecular flexibility index (Phi) is 6.15. The normalized spacial score (nSPS) is 12.9. The van der Waals surface area contributed by atoms with E-state index in [4.69, 9.17) is 0 Å². The molecular weight excluding hydrogens is 430 g/mol. The first-order valence-electron chi connectivity index (χ1n) is 7.52. The monoisotopic (exact) mass is 446 g/mol. The van der Waals surface area contributed by atoms with Crippen molar-refractivity contribution in [1.82, 2.24) is 9.62 Å². The van der Waals surface area contributed by atoms with Gasteiger partial charge in [0.2, 0.25) is 10.0 Å². The van der Waals surface area contributed by atoms with Gasteiger partial charge in [-0.3, -0.25) is 4.79 Å². The second-order valence-electron chi connectivity index (χ2n) is 5.80. The fourth-order valence-electron chi connectivity index (χ4n) is 2.18. The number of halogens is 3. The molecule has 0 heterocycles. The zero-order chi connectivity index (χ0) is 19.6. The molecule has 0 saturated carbocycles. The predicted octanol–water partition coefficient (Wildman–Crippen LogP) is 3.47. The van der Waals surface area contributed by atoms with Crippen molar-refractivity contribution < 1.29 is 22.0 Å². The van der Waals surface area contributed by atoms with Crippen molar-refractivity contribution in [1.29, 1.82) is 0 Å². The molecule has 0 spiro atoms. The van der Waals surface area contributed by atoms with Crippen LogP contribution in [-0.2, 0) is 10.0 Å². The molecule has 0 aromatic heterocycles.